The van der Waals surface area contributed by atoms with Crippen molar-refractivity contribution in [2.75, 3.05) is 18.4 Å². The van der Waals surface area contributed by atoms with Crippen LogP contribution in [0.15, 0.2) is 0 Å². The Morgan fingerprint density at radius 2 is 2.11 bits per heavy atom. The average molecular weight is 280 g/mol. The van der Waals surface area contributed by atoms with Crippen LogP contribution in [0.25, 0.3) is 0 Å². The van der Waals surface area contributed by atoms with E-state index >= 15 is 0 Å². The Bertz CT molecular complexity index is 543. The molecule has 6 heteroatoms. The van der Waals surface area contributed by atoms with E-state index in [4.69, 9.17) is 6.42 Å². The second-order valence-corrected chi connectivity index (χ2v) is 5.17. The molecule has 1 heterocycles. The third-order valence-electron chi connectivity index (χ3n) is 2.77. The van der Waals surface area contributed by atoms with E-state index in [1.165, 1.54) is 16.2 Å². The summed E-state index contributed by atoms with van der Waals surface area (Å²) in [5.41, 5.74) is 0.820. The highest BCUT2D eigenvalue weighted by Gasteiger charge is 2.21. The second-order valence-electron chi connectivity index (χ2n) is 3.94. The van der Waals surface area contributed by atoms with Crippen LogP contribution < -0.4 is 5.32 Å². The largest absolute Gasteiger partial charge is 0.478 e. The predicted octanol–water partition coefficient (Wildman–Crippen LogP) is 2.55. The first-order valence-corrected chi connectivity index (χ1v) is 6.56. The summed E-state index contributed by atoms with van der Waals surface area (Å²) in [4.78, 5) is 25.5. The minimum Gasteiger partial charge on any atom is -0.478 e. The molecule has 2 amide bonds. The molecule has 0 spiro atoms. The molecule has 0 aromatic carbocycles. The summed E-state index contributed by atoms with van der Waals surface area (Å²) in [5.74, 6) is 1.35. The van der Waals surface area contributed by atoms with Gasteiger partial charge in [0.05, 0.1) is 12.1 Å². The lowest BCUT2D eigenvalue weighted by Crippen LogP contribution is -2.35. The van der Waals surface area contributed by atoms with E-state index in [0.29, 0.717) is 17.1 Å². The zero-order chi connectivity index (χ0) is 14.6. The van der Waals surface area contributed by atoms with E-state index in [0.717, 1.165) is 4.88 Å². The van der Waals surface area contributed by atoms with Gasteiger partial charge in [-0.25, -0.2) is 9.59 Å². The monoisotopic (exact) mass is 280 g/mol. The fraction of sp³-hybridized carbons (Fsp3) is 0.385. The number of thiophene rings is 1. The van der Waals surface area contributed by atoms with Gasteiger partial charge in [-0.05, 0) is 26.3 Å². The van der Waals surface area contributed by atoms with Gasteiger partial charge in [0.15, 0.2) is 0 Å². The number of urea groups is 1. The molecule has 2 N–H and O–H groups in total. The van der Waals surface area contributed by atoms with Crippen LogP contribution >= 0.6 is 11.3 Å². The normalized spacial score (nSPS) is 9.79. The lowest BCUT2D eigenvalue weighted by Gasteiger charge is -2.18. The molecule has 1 aromatic rings. The standard InChI is InChI=1S/C13H16N2O3S/c1-5-7-15(6-2)13(18)14-11-10(12(16)17)8(3)9(4)19-11/h1H,6-7H2,2-4H3,(H,14,18)(H,16,17). The molecule has 0 aliphatic rings. The maximum atomic E-state index is 12.0. The first-order chi connectivity index (χ1) is 8.92. The topological polar surface area (TPSA) is 69.6 Å². The van der Waals surface area contributed by atoms with Gasteiger partial charge >= 0.3 is 12.0 Å². The van der Waals surface area contributed by atoms with Gasteiger partial charge in [0, 0.05) is 11.4 Å². The lowest BCUT2D eigenvalue weighted by molar-refractivity contribution is 0.0697. The molecule has 0 aliphatic carbocycles. The number of amides is 2. The Morgan fingerprint density at radius 3 is 2.58 bits per heavy atom. The number of hydrogen-bond donors (Lipinski definition) is 2. The van der Waals surface area contributed by atoms with Gasteiger partial charge in [-0.3, -0.25) is 5.32 Å². The van der Waals surface area contributed by atoms with E-state index < -0.39 is 5.97 Å². The van der Waals surface area contributed by atoms with E-state index in [1.54, 1.807) is 13.8 Å². The molecule has 0 radical (unpaired) electrons. The van der Waals surface area contributed by atoms with Crippen LogP contribution in [-0.4, -0.2) is 35.1 Å². The highest BCUT2D eigenvalue weighted by Crippen LogP contribution is 2.32. The average Bonchev–Trinajstić information content (AvgIpc) is 2.61. The summed E-state index contributed by atoms with van der Waals surface area (Å²) in [7, 11) is 0. The summed E-state index contributed by atoms with van der Waals surface area (Å²) in [6, 6.07) is -0.385. The van der Waals surface area contributed by atoms with Crippen LogP contribution in [-0.2, 0) is 0 Å². The number of anilines is 1. The van der Waals surface area contributed by atoms with Crippen LogP contribution in [0.1, 0.15) is 27.7 Å². The quantitative estimate of drug-likeness (QED) is 0.833. The Hall–Kier alpha value is -2.00. The first-order valence-electron chi connectivity index (χ1n) is 5.75. The van der Waals surface area contributed by atoms with Crippen molar-refractivity contribution in [2.24, 2.45) is 0 Å². The minimum absolute atomic E-state index is 0.146. The van der Waals surface area contributed by atoms with Gasteiger partial charge < -0.3 is 10.0 Å². The maximum Gasteiger partial charge on any atom is 0.338 e. The molecular weight excluding hydrogens is 264 g/mol. The van der Waals surface area contributed by atoms with Crippen molar-refractivity contribution >= 4 is 28.3 Å². The molecule has 0 saturated carbocycles. The number of terminal acetylenes is 1. The molecule has 0 unspecified atom stereocenters. The van der Waals surface area contributed by atoms with Crippen molar-refractivity contribution in [1.82, 2.24) is 4.90 Å². The summed E-state index contributed by atoms with van der Waals surface area (Å²) < 4.78 is 0. The number of nitrogens with zero attached hydrogens (tertiary/aromatic N) is 1. The number of aromatic carboxylic acids is 1. The van der Waals surface area contributed by atoms with E-state index in [-0.39, 0.29) is 18.1 Å². The number of rotatable bonds is 4. The molecule has 19 heavy (non-hydrogen) atoms. The molecule has 0 aliphatic heterocycles. The zero-order valence-corrected chi connectivity index (χ0v) is 11.9. The van der Waals surface area contributed by atoms with Crippen LogP contribution in [0, 0.1) is 26.2 Å². The molecule has 102 valence electrons. The highest BCUT2D eigenvalue weighted by atomic mass is 32.1. The van der Waals surface area contributed by atoms with Crippen molar-refractivity contribution in [3.05, 3.63) is 16.0 Å². The van der Waals surface area contributed by atoms with Crippen LogP contribution in [0.2, 0.25) is 0 Å². The van der Waals surface area contributed by atoms with E-state index in [1.807, 2.05) is 6.92 Å². The van der Waals surface area contributed by atoms with Crippen molar-refractivity contribution in [2.45, 2.75) is 20.8 Å². The number of hydrogen-bond acceptors (Lipinski definition) is 3. The van der Waals surface area contributed by atoms with Crippen molar-refractivity contribution in [1.29, 1.82) is 0 Å². The summed E-state index contributed by atoms with van der Waals surface area (Å²) in [6.45, 7) is 6.00. The maximum absolute atomic E-state index is 12.0. The van der Waals surface area contributed by atoms with Gasteiger partial charge in [0.25, 0.3) is 0 Å². The van der Waals surface area contributed by atoms with Gasteiger partial charge in [-0.1, -0.05) is 5.92 Å². The number of carbonyl (C=O) groups excluding carboxylic acids is 1. The second kappa shape index (κ2) is 6.25. The van der Waals surface area contributed by atoms with Crippen molar-refractivity contribution in [3.8, 4) is 12.3 Å². The molecule has 0 saturated heterocycles. The Morgan fingerprint density at radius 1 is 1.47 bits per heavy atom. The Kier molecular flexibility index (Phi) is 4.95. The molecule has 0 fully saturated rings. The van der Waals surface area contributed by atoms with Crippen LogP contribution in [0.3, 0.4) is 0 Å². The highest BCUT2D eigenvalue weighted by molar-refractivity contribution is 7.16. The smallest absolute Gasteiger partial charge is 0.338 e. The number of nitrogens with one attached hydrogen (secondary N) is 1. The minimum atomic E-state index is -1.04. The number of aryl methyl sites for hydroxylation is 1. The molecule has 1 aromatic heterocycles. The van der Waals surface area contributed by atoms with E-state index in [2.05, 4.69) is 11.2 Å². The number of carboxylic acids is 1. The Balaban J connectivity index is 3.00. The number of carboxylic acid groups (broad SMARTS) is 1. The van der Waals surface area contributed by atoms with Gasteiger partial charge in [-0.2, -0.15) is 0 Å². The van der Waals surface area contributed by atoms with Crippen LogP contribution in [0.5, 0.6) is 0 Å². The third kappa shape index (κ3) is 3.26. The molecule has 5 nitrogen and oxygen atoms in total. The fourth-order valence-electron chi connectivity index (χ4n) is 1.59. The van der Waals surface area contributed by atoms with Crippen LogP contribution in [0.4, 0.5) is 9.80 Å². The lowest BCUT2D eigenvalue weighted by atomic mass is 10.1. The third-order valence-corrected chi connectivity index (χ3v) is 3.89. The SMILES string of the molecule is C#CCN(CC)C(=O)Nc1sc(C)c(C)c1C(=O)O. The van der Waals surface area contributed by atoms with Gasteiger partial charge in [0.2, 0.25) is 0 Å². The number of carbonyl (C=O) groups is 2. The summed E-state index contributed by atoms with van der Waals surface area (Å²) in [5, 5.41) is 12.1. The summed E-state index contributed by atoms with van der Waals surface area (Å²) >= 11 is 1.25. The Labute approximate surface area is 116 Å². The summed E-state index contributed by atoms with van der Waals surface area (Å²) in [6.07, 6.45) is 5.18. The van der Waals surface area contributed by atoms with Gasteiger partial charge in [-0.15, -0.1) is 17.8 Å². The van der Waals surface area contributed by atoms with E-state index in [9.17, 15) is 14.7 Å². The first kappa shape index (κ1) is 15.1. The van der Waals surface area contributed by atoms with Crippen molar-refractivity contribution < 1.29 is 14.7 Å². The predicted molar refractivity (Wildman–Crippen MR) is 75.9 cm³/mol. The molecular formula is C13H16N2O3S. The fourth-order valence-corrected chi connectivity index (χ4v) is 2.63. The molecule has 0 bridgehead atoms. The zero-order valence-electron chi connectivity index (χ0n) is 11.1. The van der Waals surface area contributed by atoms with Gasteiger partial charge in [0.1, 0.15) is 5.00 Å². The van der Waals surface area contributed by atoms with Crippen molar-refractivity contribution in [3.63, 3.8) is 0 Å². The molecule has 0 atom stereocenters. The molecule has 1 rings (SSSR count).